The van der Waals surface area contributed by atoms with Gasteiger partial charge in [0.15, 0.2) is 0 Å². The van der Waals surface area contributed by atoms with Crippen LogP contribution in [0.3, 0.4) is 0 Å². The lowest BCUT2D eigenvalue weighted by Crippen LogP contribution is -2.59. The SMILES string of the molecule is CC[C@]12C=CCCOC(=O)[C@H]1[C@H]1C(=O)N([C@@H](CO)CC(C)C)C3C(=O)N(c4c(C)cccc4C)CC=C[C@@]31O2. The van der Waals surface area contributed by atoms with E-state index < -0.39 is 41.1 Å². The minimum absolute atomic E-state index is 0.169. The van der Waals surface area contributed by atoms with Crippen LogP contribution in [0, 0.1) is 31.6 Å². The van der Waals surface area contributed by atoms with Crippen molar-refractivity contribution in [3.05, 3.63) is 53.6 Å². The highest BCUT2D eigenvalue weighted by atomic mass is 16.6. The smallest absolute Gasteiger partial charge is 0.313 e. The van der Waals surface area contributed by atoms with E-state index in [1.807, 2.05) is 77.1 Å². The lowest BCUT2D eigenvalue weighted by atomic mass is 9.73. The highest BCUT2D eigenvalue weighted by Gasteiger charge is 2.76. The van der Waals surface area contributed by atoms with Crippen LogP contribution in [0.25, 0.3) is 0 Å². The summed E-state index contributed by atoms with van der Waals surface area (Å²) in [6.45, 7) is 10.2. The Labute approximate surface area is 230 Å². The molecule has 8 nitrogen and oxygen atoms in total. The topological polar surface area (TPSA) is 96.4 Å². The Hall–Kier alpha value is -2.97. The molecule has 39 heavy (non-hydrogen) atoms. The normalized spacial score (nSPS) is 32.9. The maximum Gasteiger partial charge on any atom is 0.313 e. The Morgan fingerprint density at radius 2 is 1.77 bits per heavy atom. The third-order valence-corrected chi connectivity index (χ3v) is 8.90. The van der Waals surface area contributed by atoms with Gasteiger partial charge < -0.3 is 24.4 Å². The number of esters is 1. The number of para-hydroxylation sites is 1. The van der Waals surface area contributed by atoms with Crippen LogP contribution < -0.4 is 4.90 Å². The van der Waals surface area contributed by atoms with Gasteiger partial charge in [-0.2, -0.15) is 0 Å². The molecule has 2 fully saturated rings. The highest BCUT2D eigenvalue weighted by Crippen LogP contribution is 2.59. The first-order valence-electron chi connectivity index (χ1n) is 14.1. The molecule has 5 rings (SSSR count). The number of hydrogen-bond donors (Lipinski definition) is 1. The van der Waals surface area contributed by atoms with Crippen LogP contribution in [0.5, 0.6) is 0 Å². The molecule has 1 spiro atoms. The number of carbonyl (C=O) groups excluding carboxylic acids is 3. The van der Waals surface area contributed by atoms with E-state index in [1.165, 1.54) is 0 Å². The maximum absolute atomic E-state index is 14.7. The number of aliphatic hydroxyl groups excluding tert-OH is 1. The fourth-order valence-electron chi connectivity index (χ4n) is 7.31. The molecule has 1 N–H and O–H groups in total. The number of anilines is 1. The molecule has 0 saturated carbocycles. The second-order valence-corrected chi connectivity index (χ2v) is 11.8. The second kappa shape index (κ2) is 10.2. The lowest BCUT2D eigenvalue weighted by Gasteiger charge is -2.41. The molecule has 1 aromatic carbocycles. The predicted molar refractivity (Wildman–Crippen MR) is 147 cm³/mol. The van der Waals surface area contributed by atoms with Gasteiger partial charge in [-0.15, -0.1) is 0 Å². The number of aliphatic hydroxyl groups is 1. The Balaban J connectivity index is 1.72. The average Bonchev–Trinajstić information content (AvgIpc) is 3.24. The second-order valence-electron chi connectivity index (χ2n) is 11.8. The quantitative estimate of drug-likeness (QED) is 0.442. The van der Waals surface area contributed by atoms with E-state index in [0.29, 0.717) is 25.8 Å². The number of ether oxygens (including phenoxy) is 2. The number of hydrogen-bond acceptors (Lipinski definition) is 6. The number of benzene rings is 1. The molecule has 2 saturated heterocycles. The van der Waals surface area contributed by atoms with Crippen molar-refractivity contribution < 1.29 is 29.0 Å². The first-order valence-corrected chi connectivity index (χ1v) is 14.1. The Morgan fingerprint density at radius 3 is 2.41 bits per heavy atom. The van der Waals surface area contributed by atoms with E-state index in [2.05, 4.69) is 0 Å². The highest BCUT2D eigenvalue weighted by molar-refractivity contribution is 6.06. The molecule has 1 unspecified atom stereocenters. The molecule has 4 aliphatic heterocycles. The zero-order valence-electron chi connectivity index (χ0n) is 23.6. The van der Waals surface area contributed by atoms with Crippen LogP contribution in [0.15, 0.2) is 42.5 Å². The minimum atomic E-state index is -1.38. The van der Waals surface area contributed by atoms with Crippen LogP contribution in [0.2, 0.25) is 0 Å². The molecule has 1 aromatic rings. The third kappa shape index (κ3) is 4.14. The van der Waals surface area contributed by atoms with Crippen molar-refractivity contribution in [2.24, 2.45) is 17.8 Å². The van der Waals surface area contributed by atoms with Gasteiger partial charge in [0, 0.05) is 12.2 Å². The number of fused-ring (bicyclic) bond motifs is 2. The van der Waals surface area contributed by atoms with Crippen molar-refractivity contribution in [3.63, 3.8) is 0 Å². The Morgan fingerprint density at radius 1 is 1.05 bits per heavy atom. The molecular weight excluding hydrogens is 496 g/mol. The summed E-state index contributed by atoms with van der Waals surface area (Å²) >= 11 is 0. The van der Waals surface area contributed by atoms with Gasteiger partial charge in [-0.05, 0) is 50.2 Å². The lowest BCUT2D eigenvalue weighted by molar-refractivity contribution is -0.162. The average molecular weight is 537 g/mol. The molecular formula is C31H40N2O6. The Bertz CT molecular complexity index is 1200. The zero-order valence-corrected chi connectivity index (χ0v) is 23.6. The van der Waals surface area contributed by atoms with Gasteiger partial charge in [-0.25, -0.2) is 0 Å². The van der Waals surface area contributed by atoms with Crippen LogP contribution in [-0.4, -0.2) is 70.8 Å². The van der Waals surface area contributed by atoms with Crippen molar-refractivity contribution in [1.29, 1.82) is 0 Å². The summed E-state index contributed by atoms with van der Waals surface area (Å²) in [6, 6.07) is 4.26. The van der Waals surface area contributed by atoms with Crippen molar-refractivity contribution in [1.82, 2.24) is 4.90 Å². The standard InChI is InChI=1S/C31H40N2O6/c1-6-30-13-7-8-16-38-29(37)24(30)23-27(35)33(22(18-34)17-19(2)3)26-28(36)32(15-10-14-31(23,26)39-30)25-20(4)11-9-12-21(25)5/h7,9-14,19,22-24,26,34H,6,8,15-18H2,1-5H3/t22-,23+,24-,26?,30+,31+/m1/s1. The van der Waals surface area contributed by atoms with E-state index in [1.54, 1.807) is 9.80 Å². The first-order chi connectivity index (χ1) is 18.6. The van der Waals surface area contributed by atoms with Gasteiger partial charge in [0.25, 0.3) is 5.91 Å². The number of carbonyl (C=O) groups is 3. The molecule has 4 heterocycles. The molecule has 0 radical (unpaired) electrons. The van der Waals surface area contributed by atoms with Gasteiger partial charge in [0.1, 0.15) is 23.2 Å². The largest absolute Gasteiger partial charge is 0.465 e. The molecule has 8 heteroatoms. The van der Waals surface area contributed by atoms with Crippen LogP contribution in [-0.2, 0) is 23.9 Å². The van der Waals surface area contributed by atoms with Gasteiger partial charge >= 0.3 is 5.97 Å². The van der Waals surface area contributed by atoms with Crippen LogP contribution >= 0.6 is 0 Å². The summed E-state index contributed by atoms with van der Waals surface area (Å²) in [5, 5.41) is 10.5. The summed E-state index contributed by atoms with van der Waals surface area (Å²) in [5.74, 6) is -2.76. The summed E-state index contributed by atoms with van der Waals surface area (Å²) < 4.78 is 12.6. The fourth-order valence-corrected chi connectivity index (χ4v) is 7.31. The number of aryl methyl sites for hydroxylation is 2. The van der Waals surface area contributed by atoms with E-state index in [-0.39, 0.29) is 30.9 Å². The van der Waals surface area contributed by atoms with Gasteiger partial charge in [-0.1, -0.05) is 63.3 Å². The van der Waals surface area contributed by atoms with Crippen molar-refractivity contribution >= 4 is 23.5 Å². The number of rotatable bonds is 6. The monoisotopic (exact) mass is 536 g/mol. The number of amides is 2. The van der Waals surface area contributed by atoms with Gasteiger partial charge in [0.2, 0.25) is 5.91 Å². The number of nitrogens with zero attached hydrogens (tertiary/aromatic N) is 2. The molecule has 2 amide bonds. The minimum Gasteiger partial charge on any atom is -0.465 e. The predicted octanol–water partition coefficient (Wildman–Crippen LogP) is 3.48. The third-order valence-electron chi connectivity index (χ3n) is 8.90. The van der Waals surface area contributed by atoms with E-state index >= 15 is 0 Å². The molecule has 6 atom stereocenters. The summed E-state index contributed by atoms with van der Waals surface area (Å²) in [5.41, 5.74) is 0.252. The summed E-state index contributed by atoms with van der Waals surface area (Å²) in [6.07, 6.45) is 9.10. The zero-order chi connectivity index (χ0) is 28.1. The molecule has 0 aliphatic carbocycles. The number of likely N-dealkylation sites (tertiary alicyclic amines) is 1. The van der Waals surface area contributed by atoms with E-state index in [9.17, 15) is 19.5 Å². The van der Waals surface area contributed by atoms with Crippen molar-refractivity contribution in [2.75, 3.05) is 24.7 Å². The van der Waals surface area contributed by atoms with Crippen molar-refractivity contribution in [2.45, 2.75) is 77.2 Å². The summed E-state index contributed by atoms with van der Waals surface area (Å²) in [4.78, 5) is 46.1. The van der Waals surface area contributed by atoms with Crippen LogP contribution in [0.1, 0.15) is 51.2 Å². The van der Waals surface area contributed by atoms with Gasteiger partial charge in [-0.3, -0.25) is 14.4 Å². The fraction of sp³-hybridized carbons (Fsp3) is 0.581. The van der Waals surface area contributed by atoms with E-state index in [0.717, 1.165) is 16.8 Å². The van der Waals surface area contributed by atoms with Gasteiger partial charge in [0.05, 0.1) is 25.2 Å². The molecule has 0 aromatic heterocycles. The van der Waals surface area contributed by atoms with Crippen LogP contribution in [0.4, 0.5) is 5.69 Å². The molecule has 210 valence electrons. The summed E-state index contributed by atoms with van der Waals surface area (Å²) in [7, 11) is 0. The van der Waals surface area contributed by atoms with Crippen molar-refractivity contribution in [3.8, 4) is 0 Å². The van der Waals surface area contributed by atoms with E-state index in [4.69, 9.17) is 9.47 Å². The maximum atomic E-state index is 14.7. The Kier molecular flexibility index (Phi) is 7.22. The first kappa shape index (κ1) is 27.6. The number of cyclic esters (lactones) is 1. The molecule has 4 aliphatic rings. The molecule has 0 bridgehead atoms.